The van der Waals surface area contributed by atoms with E-state index in [0.29, 0.717) is 25.2 Å². The average Bonchev–Trinajstić information content (AvgIpc) is 3.13. The van der Waals surface area contributed by atoms with Crippen LogP contribution >= 0.6 is 0 Å². The van der Waals surface area contributed by atoms with Gasteiger partial charge < -0.3 is 42.9 Å². The van der Waals surface area contributed by atoms with Crippen molar-refractivity contribution in [2.45, 2.75) is 122 Å². The van der Waals surface area contributed by atoms with Crippen molar-refractivity contribution in [3.8, 4) is 11.1 Å². The molecule has 0 saturated heterocycles. The Morgan fingerprint density at radius 3 is 2.16 bits per heavy atom. The Morgan fingerprint density at radius 2 is 1.49 bits per heavy atom. The first-order valence-electron chi connectivity index (χ1n) is 19.5. The number of carbonyl (C=O) groups excluding carboxylic acids is 4. The number of carboxylic acids is 2. The number of nitrogens with one attached hydrogen (secondary N) is 4. The largest absolute Gasteiger partial charge is 0.481 e. The molecule has 0 aliphatic rings. The van der Waals surface area contributed by atoms with E-state index in [-0.39, 0.29) is 62.8 Å². The van der Waals surface area contributed by atoms with Crippen molar-refractivity contribution in [1.82, 2.24) is 16.0 Å². The summed E-state index contributed by atoms with van der Waals surface area (Å²) in [5.74, 6) is -4.68. The Hall–Kier alpha value is -4.66. The van der Waals surface area contributed by atoms with Gasteiger partial charge in [0, 0.05) is 56.9 Å². The summed E-state index contributed by atoms with van der Waals surface area (Å²) in [5, 5.41) is 29.6. The van der Waals surface area contributed by atoms with E-state index in [1.807, 2.05) is 36.4 Å². The summed E-state index contributed by atoms with van der Waals surface area (Å²) in [5.41, 5.74) is 15.8. The zero-order valence-electron chi connectivity index (χ0n) is 32.4. The molecule has 0 fully saturated rings. The minimum atomic E-state index is -1.30. The normalized spacial score (nSPS) is 13.2. The molecule has 4 atom stereocenters. The number of hydrogen-bond donors (Lipinski definition) is 8. The van der Waals surface area contributed by atoms with Gasteiger partial charge in [-0.3, -0.25) is 24.0 Å². The molecule has 2 rings (SSSR count). The highest BCUT2D eigenvalue weighted by Gasteiger charge is 2.26. The molecule has 0 spiro atoms. The molecule has 0 aliphatic carbocycles. The second kappa shape index (κ2) is 26.2. The number of carbonyl (C=O) groups is 6. The zero-order chi connectivity index (χ0) is 40.6. The van der Waals surface area contributed by atoms with Gasteiger partial charge in [-0.2, -0.15) is 0 Å². The van der Waals surface area contributed by atoms with Gasteiger partial charge in [0.1, 0.15) is 11.8 Å². The SMILES string of the molecule is CCCCCCCC[C@H](N)CNCC[C@H](N)C(=O)C[C@H](Cc1cccc(-c2ccc(NC(C)=O)cc2)c1)C(=O)NCC[C@@H](NC(=O)CCCC(=O)O)C(=O)O. The number of ketones is 1. The van der Waals surface area contributed by atoms with Gasteiger partial charge in [0.2, 0.25) is 17.7 Å². The number of unbranched alkanes of at least 4 members (excludes halogenated alkanes) is 5. The van der Waals surface area contributed by atoms with Gasteiger partial charge in [-0.15, -0.1) is 0 Å². The van der Waals surface area contributed by atoms with E-state index in [2.05, 4.69) is 28.2 Å². The van der Waals surface area contributed by atoms with Crippen LogP contribution in [0.4, 0.5) is 5.69 Å². The quantitative estimate of drug-likeness (QED) is 0.0547. The number of anilines is 1. The summed E-state index contributed by atoms with van der Waals surface area (Å²) in [4.78, 5) is 73.2. The maximum atomic E-state index is 13.6. The summed E-state index contributed by atoms with van der Waals surface area (Å²) in [6.07, 6.45) is 8.15. The molecular formula is C41H62N6O8. The molecule has 0 aliphatic heterocycles. The van der Waals surface area contributed by atoms with Crippen LogP contribution in [0.2, 0.25) is 0 Å². The second-order valence-electron chi connectivity index (χ2n) is 14.2. The van der Waals surface area contributed by atoms with Gasteiger partial charge in [-0.05, 0) is 67.5 Å². The lowest BCUT2D eigenvalue weighted by atomic mass is 9.89. The van der Waals surface area contributed by atoms with Gasteiger partial charge in [0.05, 0.1) is 6.04 Å². The first-order valence-corrected chi connectivity index (χ1v) is 19.5. The predicted molar refractivity (Wildman–Crippen MR) is 213 cm³/mol. The molecule has 0 heterocycles. The first kappa shape index (κ1) is 46.5. The molecule has 0 aromatic heterocycles. The lowest BCUT2D eigenvalue weighted by Crippen LogP contribution is -2.44. The highest BCUT2D eigenvalue weighted by atomic mass is 16.4. The van der Waals surface area contributed by atoms with E-state index >= 15 is 0 Å². The number of hydrogen-bond acceptors (Lipinski definition) is 9. The Morgan fingerprint density at radius 1 is 0.782 bits per heavy atom. The van der Waals surface area contributed by atoms with E-state index < -0.39 is 41.8 Å². The molecule has 55 heavy (non-hydrogen) atoms. The highest BCUT2D eigenvalue weighted by Crippen LogP contribution is 2.24. The van der Waals surface area contributed by atoms with Crippen molar-refractivity contribution in [3.05, 3.63) is 54.1 Å². The van der Waals surface area contributed by atoms with Gasteiger partial charge >= 0.3 is 11.9 Å². The fourth-order valence-electron chi connectivity index (χ4n) is 6.17. The van der Waals surface area contributed by atoms with Crippen molar-refractivity contribution < 1.29 is 39.0 Å². The topological polar surface area (TPSA) is 243 Å². The monoisotopic (exact) mass is 766 g/mol. The van der Waals surface area contributed by atoms with Crippen LogP contribution in [0.25, 0.3) is 11.1 Å². The third-order valence-electron chi connectivity index (χ3n) is 9.31. The van der Waals surface area contributed by atoms with Crippen molar-refractivity contribution in [2.24, 2.45) is 17.4 Å². The van der Waals surface area contributed by atoms with Crippen molar-refractivity contribution in [3.63, 3.8) is 0 Å². The van der Waals surface area contributed by atoms with Gasteiger partial charge in [-0.1, -0.05) is 81.8 Å². The van der Waals surface area contributed by atoms with Crippen molar-refractivity contribution in [2.75, 3.05) is 25.0 Å². The van der Waals surface area contributed by atoms with E-state index in [1.165, 1.54) is 39.0 Å². The second-order valence-corrected chi connectivity index (χ2v) is 14.2. The number of benzene rings is 2. The van der Waals surface area contributed by atoms with E-state index in [4.69, 9.17) is 16.6 Å². The third-order valence-corrected chi connectivity index (χ3v) is 9.31. The number of aliphatic carboxylic acids is 2. The Kier molecular flexibility index (Phi) is 22.1. The van der Waals surface area contributed by atoms with Crippen LogP contribution in [0.15, 0.2) is 48.5 Å². The molecule has 0 saturated carbocycles. The Balaban J connectivity index is 2.06. The number of rotatable bonds is 29. The number of nitrogens with two attached hydrogens (primary N) is 2. The van der Waals surface area contributed by atoms with Crippen LogP contribution in [0.3, 0.4) is 0 Å². The van der Waals surface area contributed by atoms with Crippen LogP contribution < -0.4 is 32.7 Å². The van der Waals surface area contributed by atoms with Crippen LogP contribution in [0, 0.1) is 5.92 Å². The average molecular weight is 767 g/mol. The molecule has 14 heteroatoms. The van der Waals surface area contributed by atoms with E-state index in [0.717, 1.165) is 29.5 Å². The van der Waals surface area contributed by atoms with Gasteiger partial charge in [0.15, 0.2) is 0 Å². The standard InChI is InChI=1S/C41H62N6O8/c1-3-4-5-6-7-8-13-33(42)27-44-22-20-35(43)37(49)26-32(40(53)45-23-21-36(41(54)55)47-38(50)14-10-15-39(51)52)25-29-11-9-12-31(24-29)30-16-18-34(19-17-30)46-28(2)48/h9,11-12,16-19,24,32-33,35-36,44H,3-8,10,13-15,20-23,25-27,42-43H2,1-2H3,(H,45,53)(H,46,48)(H,47,50)(H,51,52)(H,54,55)/t32-,33-,35-,36+/m0/s1. The maximum absolute atomic E-state index is 13.6. The zero-order valence-corrected chi connectivity index (χ0v) is 32.4. The summed E-state index contributed by atoms with van der Waals surface area (Å²) >= 11 is 0. The van der Waals surface area contributed by atoms with Crippen LogP contribution in [0.5, 0.6) is 0 Å². The highest BCUT2D eigenvalue weighted by molar-refractivity contribution is 5.90. The lowest BCUT2D eigenvalue weighted by molar-refractivity contribution is -0.142. The molecule has 304 valence electrons. The first-order chi connectivity index (χ1) is 26.3. The Bertz CT molecular complexity index is 1520. The van der Waals surface area contributed by atoms with Crippen molar-refractivity contribution >= 4 is 41.1 Å². The molecular weight excluding hydrogens is 704 g/mol. The Labute approximate surface area is 325 Å². The minimum Gasteiger partial charge on any atom is -0.481 e. The molecule has 0 radical (unpaired) electrons. The van der Waals surface area contributed by atoms with E-state index in [9.17, 15) is 33.9 Å². The minimum absolute atomic E-state index is 0.0167. The smallest absolute Gasteiger partial charge is 0.326 e. The van der Waals surface area contributed by atoms with Crippen LogP contribution in [-0.4, -0.2) is 83.4 Å². The van der Waals surface area contributed by atoms with Gasteiger partial charge in [0.25, 0.3) is 0 Å². The van der Waals surface area contributed by atoms with E-state index in [1.54, 1.807) is 12.1 Å². The molecule has 3 amide bonds. The summed E-state index contributed by atoms with van der Waals surface area (Å²) in [6, 6.07) is 12.8. The summed E-state index contributed by atoms with van der Waals surface area (Å²) in [7, 11) is 0. The molecule has 10 N–H and O–H groups in total. The number of Topliss-reactive ketones (excluding diaryl/α,β-unsaturated/α-hetero) is 1. The summed E-state index contributed by atoms with van der Waals surface area (Å²) < 4.78 is 0. The van der Waals surface area contributed by atoms with Crippen LogP contribution in [-0.2, 0) is 35.2 Å². The number of carboxylic acid groups (broad SMARTS) is 2. The third kappa shape index (κ3) is 20.0. The van der Waals surface area contributed by atoms with Crippen molar-refractivity contribution in [1.29, 1.82) is 0 Å². The number of amides is 3. The molecule has 2 aromatic rings. The fourth-order valence-corrected chi connectivity index (χ4v) is 6.17. The summed E-state index contributed by atoms with van der Waals surface area (Å²) in [6.45, 7) is 4.65. The van der Waals surface area contributed by atoms with Gasteiger partial charge in [-0.25, -0.2) is 4.79 Å². The van der Waals surface area contributed by atoms with Crippen LogP contribution in [0.1, 0.15) is 103 Å². The predicted octanol–water partition coefficient (Wildman–Crippen LogP) is 4.15. The molecule has 0 unspecified atom stereocenters. The maximum Gasteiger partial charge on any atom is 0.326 e. The lowest BCUT2D eigenvalue weighted by Gasteiger charge is -2.20. The molecule has 14 nitrogen and oxygen atoms in total. The molecule has 2 aromatic carbocycles. The fraction of sp³-hybridized carbons (Fsp3) is 0.561. The molecule has 0 bridgehead atoms.